The molecule has 0 saturated carbocycles. The summed E-state index contributed by atoms with van der Waals surface area (Å²) >= 11 is 0. The largest absolute Gasteiger partial charge is 0.350 e. The fourth-order valence-corrected chi connectivity index (χ4v) is 3.77. The Morgan fingerprint density at radius 3 is 2.55 bits per heavy atom. The van der Waals surface area contributed by atoms with Gasteiger partial charge in [-0.1, -0.05) is 36.4 Å². The number of benzene rings is 2. The topological polar surface area (TPSA) is 99.3 Å². The molecule has 2 aromatic carbocycles. The highest BCUT2D eigenvalue weighted by Crippen LogP contribution is 2.25. The molecule has 4 N–H and O–H groups in total. The maximum absolute atomic E-state index is 12.5. The van der Waals surface area contributed by atoms with Crippen molar-refractivity contribution < 1.29 is 14.4 Å². The zero-order chi connectivity index (χ0) is 19.7. The first kappa shape index (κ1) is 20.8. The molecule has 2 aliphatic rings. The van der Waals surface area contributed by atoms with E-state index >= 15 is 0 Å². The molecule has 1 saturated heterocycles. The Morgan fingerprint density at radius 2 is 1.86 bits per heavy atom. The minimum Gasteiger partial charge on any atom is -0.350 e. The summed E-state index contributed by atoms with van der Waals surface area (Å²) in [7, 11) is 0. The van der Waals surface area contributed by atoms with E-state index in [-0.39, 0.29) is 24.4 Å². The van der Waals surface area contributed by atoms with Gasteiger partial charge in [-0.2, -0.15) is 0 Å². The third kappa shape index (κ3) is 3.97. The average molecular weight is 415 g/mol. The number of urea groups is 1. The average Bonchev–Trinajstić information content (AvgIpc) is 2.98. The van der Waals surface area contributed by atoms with Crippen LogP contribution in [-0.4, -0.2) is 30.9 Å². The van der Waals surface area contributed by atoms with E-state index in [4.69, 9.17) is 0 Å². The van der Waals surface area contributed by atoms with Crippen LogP contribution in [0.15, 0.2) is 48.5 Å². The van der Waals surface area contributed by atoms with Crippen LogP contribution in [0.25, 0.3) is 0 Å². The number of halogens is 1. The Hall–Kier alpha value is -2.90. The van der Waals surface area contributed by atoms with Gasteiger partial charge < -0.3 is 16.0 Å². The standard InChI is InChI=1S/C21H22N4O3.ClH/c1-21(19(27)24-20(28)25-21)15-8-6-14(7-9-15)18(26)23-12-17-16-5-3-2-4-13(16)10-11-22-17;/h2-9,17,22H,10-12H2,1H3,(H,23,26)(H2,24,25,27,28);1H. The Balaban J connectivity index is 0.00000240. The predicted octanol–water partition coefficient (Wildman–Crippen LogP) is 1.78. The summed E-state index contributed by atoms with van der Waals surface area (Å²) in [5.74, 6) is -0.585. The summed E-state index contributed by atoms with van der Waals surface area (Å²) in [6.45, 7) is 3.01. The van der Waals surface area contributed by atoms with Gasteiger partial charge in [0.1, 0.15) is 5.54 Å². The maximum Gasteiger partial charge on any atom is 0.322 e. The van der Waals surface area contributed by atoms with E-state index in [1.165, 1.54) is 11.1 Å². The van der Waals surface area contributed by atoms with Gasteiger partial charge in [0.15, 0.2) is 0 Å². The van der Waals surface area contributed by atoms with Crippen LogP contribution >= 0.6 is 12.4 Å². The molecule has 0 bridgehead atoms. The van der Waals surface area contributed by atoms with Gasteiger partial charge in [0.2, 0.25) is 0 Å². The molecule has 2 atom stereocenters. The van der Waals surface area contributed by atoms with Crippen molar-refractivity contribution in [2.75, 3.05) is 13.1 Å². The molecule has 1 fully saturated rings. The van der Waals surface area contributed by atoms with E-state index in [1.54, 1.807) is 31.2 Å². The van der Waals surface area contributed by atoms with E-state index in [2.05, 4.69) is 33.4 Å². The van der Waals surface area contributed by atoms with E-state index in [0.717, 1.165) is 13.0 Å². The lowest BCUT2D eigenvalue weighted by atomic mass is 9.91. The molecule has 2 aliphatic heterocycles. The highest BCUT2D eigenvalue weighted by molar-refractivity contribution is 6.07. The molecule has 4 rings (SSSR count). The maximum atomic E-state index is 12.5. The first-order valence-corrected chi connectivity index (χ1v) is 9.31. The molecule has 0 radical (unpaired) electrons. The molecule has 2 unspecified atom stereocenters. The molecule has 4 amide bonds. The summed E-state index contributed by atoms with van der Waals surface area (Å²) in [5.41, 5.74) is 2.54. The normalized spacial score (nSPS) is 22.7. The smallest absolute Gasteiger partial charge is 0.322 e. The molecule has 8 heteroatoms. The molecule has 29 heavy (non-hydrogen) atoms. The monoisotopic (exact) mass is 414 g/mol. The SMILES string of the molecule is CC1(c2ccc(C(=O)NCC3NCCc4ccccc43)cc2)NC(=O)NC1=O.Cl. The number of carbonyl (C=O) groups excluding carboxylic acids is 3. The second kappa shape index (κ2) is 8.23. The Morgan fingerprint density at radius 1 is 1.14 bits per heavy atom. The number of rotatable bonds is 4. The lowest BCUT2D eigenvalue weighted by Crippen LogP contribution is -2.40. The van der Waals surface area contributed by atoms with Crippen molar-refractivity contribution >= 4 is 30.3 Å². The number of amides is 4. The molecule has 2 aromatic rings. The number of imide groups is 1. The van der Waals surface area contributed by atoms with Crippen molar-refractivity contribution in [2.24, 2.45) is 0 Å². The molecule has 0 spiro atoms. The van der Waals surface area contributed by atoms with Gasteiger partial charge in [-0.15, -0.1) is 12.4 Å². The van der Waals surface area contributed by atoms with Gasteiger partial charge in [0.05, 0.1) is 0 Å². The lowest BCUT2D eigenvalue weighted by molar-refractivity contribution is -0.123. The third-order valence-corrected chi connectivity index (χ3v) is 5.45. The second-order valence-corrected chi connectivity index (χ2v) is 7.28. The van der Waals surface area contributed by atoms with Gasteiger partial charge in [0.25, 0.3) is 11.8 Å². The Labute approximate surface area is 175 Å². The minimum absolute atomic E-state index is 0. The van der Waals surface area contributed by atoms with Gasteiger partial charge >= 0.3 is 6.03 Å². The molecular formula is C21H23ClN4O3. The van der Waals surface area contributed by atoms with Crippen molar-refractivity contribution in [3.05, 3.63) is 70.8 Å². The third-order valence-electron chi connectivity index (χ3n) is 5.45. The number of carbonyl (C=O) groups is 3. The molecule has 2 heterocycles. The minimum atomic E-state index is -1.12. The van der Waals surface area contributed by atoms with Crippen LogP contribution in [0.3, 0.4) is 0 Å². The Bertz CT molecular complexity index is 947. The predicted molar refractivity (Wildman–Crippen MR) is 111 cm³/mol. The van der Waals surface area contributed by atoms with Crippen molar-refractivity contribution in [2.45, 2.75) is 24.9 Å². The molecular weight excluding hydrogens is 392 g/mol. The van der Waals surface area contributed by atoms with Crippen molar-refractivity contribution in [1.29, 1.82) is 0 Å². The summed E-state index contributed by atoms with van der Waals surface area (Å²) in [5, 5.41) is 11.3. The van der Waals surface area contributed by atoms with Crippen LogP contribution in [-0.2, 0) is 16.8 Å². The number of hydrogen-bond donors (Lipinski definition) is 4. The van der Waals surface area contributed by atoms with Crippen LogP contribution in [0.4, 0.5) is 4.79 Å². The van der Waals surface area contributed by atoms with Crippen molar-refractivity contribution in [3.8, 4) is 0 Å². The highest BCUT2D eigenvalue weighted by Gasteiger charge is 2.43. The van der Waals surface area contributed by atoms with Crippen LogP contribution in [0, 0.1) is 0 Å². The van der Waals surface area contributed by atoms with E-state index in [1.807, 2.05) is 12.1 Å². The summed E-state index contributed by atoms with van der Waals surface area (Å²) in [6.07, 6.45) is 0.991. The summed E-state index contributed by atoms with van der Waals surface area (Å²) in [4.78, 5) is 36.0. The van der Waals surface area contributed by atoms with Gasteiger partial charge in [0, 0.05) is 18.2 Å². The molecule has 0 aromatic heterocycles. The first-order chi connectivity index (χ1) is 13.5. The van der Waals surface area contributed by atoms with Gasteiger partial charge in [-0.05, 0) is 48.7 Å². The van der Waals surface area contributed by atoms with Crippen LogP contribution in [0.2, 0.25) is 0 Å². The van der Waals surface area contributed by atoms with Crippen molar-refractivity contribution in [1.82, 2.24) is 21.3 Å². The van der Waals surface area contributed by atoms with Crippen LogP contribution in [0.5, 0.6) is 0 Å². The number of nitrogens with one attached hydrogen (secondary N) is 4. The van der Waals surface area contributed by atoms with Crippen LogP contribution < -0.4 is 21.3 Å². The van der Waals surface area contributed by atoms with E-state index < -0.39 is 17.5 Å². The fourth-order valence-electron chi connectivity index (χ4n) is 3.77. The highest BCUT2D eigenvalue weighted by atomic mass is 35.5. The number of fused-ring (bicyclic) bond motifs is 1. The molecule has 0 aliphatic carbocycles. The van der Waals surface area contributed by atoms with E-state index in [9.17, 15) is 14.4 Å². The zero-order valence-electron chi connectivity index (χ0n) is 16.0. The molecule has 7 nitrogen and oxygen atoms in total. The quantitative estimate of drug-likeness (QED) is 0.573. The lowest BCUT2D eigenvalue weighted by Gasteiger charge is -2.27. The first-order valence-electron chi connectivity index (χ1n) is 9.31. The van der Waals surface area contributed by atoms with Crippen molar-refractivity contribution in [3.63, 3.8) is 0 Å². The van der Waals surface area contributed by atoms with Crippen LogP contribution in [0.1, 0.15) is 40.0 Å². The zero-order valence-corrected chi connectivity index (χ0v) is 16.8. The summed E-state index contributed by atoms with van der Waals surface area (Å²) in [6, 6.07) is 14.5. The van der Waals surface area contributed by atoms with Gasteiger partial charge in [-0.25, -0.2) is 4.79 Å². The number of hydrogen-bond acceptors (Lipinski definition) is 4. The van der Waals surface area contributed by atoms with Gasteiger partial charge in [-0.3, -0.25) is 14.9 Å². The second-order valence-electron chi connectivity index (χ2n) is 7.28. The van der Waals surface area contributed by atoms with E-state index in [0.29, 0.717) is 17.7 Å². The molecule has 152 valence electrons. The Kier molecular flexibility index (Phi) is 5.91. The summed E-state index contributed by atoms with van der Waals surface area (Å²) < 4.78 is 0. The fraction of sp³-hybridized carbons (Fsp3) is 0.286.